The number of thiazole rings is 1. The number of benzene rings is 1. The number of nitrogens with one attached hydrogen (secondary N) is 1. The fraction of sp³-hybridized carbons (Fsp3) is 0.400. The molecule has 1 aliphatic heterocycles. The van der Waals surface area contributed by atoms with Crippen LogP contribution >= 0.6 is 11.3 Å². The van der Waals surface area contributed by atoms with E-state index in [0.717, 1.165) is 22.2 Å². The normalized spacial score (nSPS) is 15.2. The average Bonchev–Trinajstić information content (AvgIpc) is 2.78. The van der Waals surface area contributed by atoms with E-state index in [1.165, 1.54) is 10.4 Å². The van der Waals surface area contributed by atoms with Crippen molar-refractivity contribution in [2.75, 3.05) is 20.3 Å². The third-order valence-electron chi connectivity index (χ3n) is 3.39. The summed E-state index contributed by atoms with van der Waals surface area (Å²) in [7, 11) is 1.97. The van der Waals surface area contributed by atoms with Crippen molar-refractivity contribution in [3.8, 4) is 11.5 Å². The summed E-state index contributed by atoms with van der Waals surface area (Å²) in [5.74, 6) is 1.65. The summed E-state index contributed by atoms with van der Waals surface area (Å²) in [6, 6.07) is 6.27. The van der Waals surface area contributed by atoms with Crippen molar-refractivity contribution in [1.29, 1.82) is 0 Å². The molecule has 0 saturated heterocycles. The van der Waals surface area contributed by atoms with Crippen molar-refractivity contribution in [2.24, 2.45) is 0 Å². The van der Waals surface area contributed by atoms with Gasteiger partial charge in [-0.05, 0) is 38.6 Å². The first-order valence-corrected chi connectivity index (χ1v) is 7.51. The van der Waals surface area contributed by atoms with Gasteiger partial charge in [0, 0.05) is 4.88 Å². The molecule has 2 aromatic rings. The number of ether oxygens (including phenoxy) is 2. The van der Waals surface area contributed by atoms with Crippen molar-refractivity contribution in [3.05, 3.63) is 39.3 Å². The molecule has 0 bridgehead atoms. The third kappa shape index (κ3) is 2.39. The molecule has 1 aromatic heterocycles. The van der Waals surface area contributed by atoms with Crippen molar-refractivity contribution < 1.29 is 9.47 Å². The first-order chi connectivity index (χ1) is 9.69. The first kappa shape index (κ1) is 13.4. The fourth-order valence-electron chi connectivity index (χ4n) is 2.50. The van der Waals surface area contributed by atoms with Crippen LogP contribution in [0.5, 0.6) is 11.5 Å². The zero-order chi connectivity index (χ0) is 14.1. The van der Waals surface area contributed by atoms with Gasteiger partial charge >= 0.3 is 0 Å². The number of aryl methyl sites for hydroxylation is 2. The Kier molecular flexibility index (Phi) is 3.63. The molecule has 0 amide bonds. The molecule has 5 heteroatoms. The molecule has 20 heavy (non-hydrogen) atoms. The van der Waals surface area contributed by atoms with Gasteiger partial charge in [-0.3, -0.25) is 0 Å². The highest BCUT2D eigenvalue weighted by atomic mass is 32.1. The first-order valence-electron chi connectivity index (χ1n) is 6.70. The highest BCUT2D eigenvalue weighted by Crippen LogP contribution is 2.36. The summed E-state index contributed by atoms with van der Waals surface area (Å²) in [5.41, 5.74) is 2.25. The monoisotopic (exact) mass is 290 g/mol. The Balaban J connectivity index is 1.99. The zero-order valence-corrected chi connectivity index (χ0v) is 12.7. The van der Waals surface area contributed by atoms with E-state index in [9.17, 15) is 0 Å². The van der Waals surface area contributed by atoms with Crippen LogP contribution in [-0.2, 0) is 0 Å². The van der Waals surface area contributed by atoms with Gasteiger partial charge < -0.3 is 14.8 Å². The molecule has 106 valence electrons. The zero-order valence-electron chi connectivity index (χ0n) is 11.9. The van der Waals surface area contributed by atoms with E-state index in [-0.39, 0.29) is 6.04 Å². The third-order valence-corrected chi connectivity index (χ3v) is 4.53. The Bertz CT molecular complexity index is 624. The molecule has 1 unspecified atom stereocenters. The minimum atomic E-state index is 0.136. The van der Waals surface area contributed by atoms with E-state index in [1.807, 2.05) is 20.0 Å². The quantitative estimate of drug-likeness (QED) is 0.944. The van der Waals surface area contributed by atoms with Gasteiger partial charge in [0.15, 0.2) is 11.5 Å². The molecule has 0 radical (unpaired) electrons. The minimum absolute atomic E-state index is 0.136. The standard InChI is InChI=1S/C15H18N2O2S/c1-9-15(20-10(2)17-9)14(16-3)11-4-5-12-13(8-11)19-7-6-18-12/h4-5,8,14,16H,6-7H2,1-3H3. The second-order valence-corrected chi connectivity index (χ2v) is 6.04. The molecule has 1 atom stereocenters. The van der Waals surface area contributed by atoms with E-state index in [4.69, 9.17) is 9.47 Å². The van der Waals surface area contributed by atoms with Gasteiger partial charge in [0.25, 0.3) is 0 Å². The summed E-state index contributed by atoms with van der Waals surface area (Å²) in [6.07, 6.45) is 0. The molecule has 3 rings (SSSR count). The molecule has 4 nitrogen and oxygen atoms in total. The Morgan fingerprint density at radius 3 is 2.60 bits per heavy atom. The van der Waals surface area contributed by atoms with Crippen LogP contribution in [0.2, 0.25) is 0 Å². The number of hydrogen-bond acceptors (Lipinski definition) is 5. The lowest BCUT2D eigenvalue weighted by Crippen LogP contribution is -2.19. The van der Waals surface area contributed by atoms with Crippen LogP contribution in [0, 0.1) is 13.8 Å². The van der Waals surface area contributed by atoms with Gasteiger partial charge in [-0.25, -0.2) is 4.98 Å². The minimum Gasteiger partial charge on any atom is -0.486 e. The highest BCUT2D eigenvalue weighted by molar-refractivity contribution is 7.11. The molecule has 0 aliphatic carbocycles. The van der Waals surface area contributed by atoms with Crippen LogP contribution in [0.1, 0.15) is 27.2 Å². The number of aromatic nitrogens is 1. The van der Waals surface area contributed by atoms with Gasteiger partial charge in [-0.15, -0.1) is 11.3 Å². The van der Waals surface area contributed by atoms with Crippen LogP contribution < -0.4 is 14.8 Å². The largest absolute Gasteiger partial charge is 0.486 e. The number of hydrogen-bond donors (Lipinski definition) is 1. The number of nitrogens with zero attached hydrogens (tertiary/aromatic N) is 1. The van der Waals surface area contributed by atoms with E-state index < -0.39 is 0 Å². The van der Waals surface area contributed by atoms with Crippen LogP contribution in [0.15, 0.2) is 18.2 Å². The molecule has 0 saturated carbocycles. The summed E-state index contributed by atoms with van der Waals surface area (Å²) >= 11 is 1.73. The lowest BCUT2D eigenvalue weighted by Gasteiger charge is -2.21. The van der Waals surface area contributed by atoms with Crippen LogP contribution in [-0.4, -0.2) is 25.2 Å². The van der Waals surface area contributed by atoms with E-state index in [1.54, 1.807) is 11.3 Å². The van der Waals surface area contributed by atoms with Crippen molar-refractivity contribution in [3.63, 3.8) is 0 Å². The van der Waals surface area contributed by atoms with Crippen molar-refractivity contribution in [2.45, 2.75) is 19.9 Å². The number of fused-ring (bicyclic) bond motifs is 1. The molecule has 1 N–H and O–H groups in total. The Morgan fingerprint density at radius 1 is 1.20 bits per heavy atom. The van der Waals surface area contributed by atoms with Crippen molar-refractivity contribution >= 4 is 11.3 Å². The highest BCUT2D eigenvalue weighted by Gasteiger charge is 2.20. The van der Waals surface area contributed by atoms with Crippen LogP contribution in [0.4, 0.5) is 0 Å². The molecular weight excluding hydrogens is 272 g/mol. The lowest BCUT2D eigenvalue weighted by molar-refractivity contribution is 0.171. The van der Waals surface area contributed by atoms with E-state index >= 15 is 0 Å². The maximum atomic E-state index is 5.67. The van der Waals surface area contributed by atoms with E-state index in [2.05, 4.69) is 29.4 Å². The summed E-state index contributed by atoms with van der Waals surface area (Å²) in [5, 5.41) is 4.46. The molecule has 2 heterocycles. The summed E-state index contributed by atoms with van der Waals surface area (Å²) in [4.78, 5) is 5.77. The SMILES string of the molecule is CNC(c1ccc2c(c1)OCCO2)c1sc(C)nc1C. The van der Waals surface area contributed by atoms with Crippen LogP contribution in [0.3, 0.4) is 0 Å². The van der Waals surface area contributed by atoms with Gasteiger partial charge in [0.05, 0.1) is 16.7 Å². The Labute approximate surface area is 122 Å². The summed E-state index contributed by atoms with van der Waals surface area (Å²) < 4.78 is 11.2. The van der Waals surface area contributed by atoms with Gasteiger partial charge in [-0.2, -0.15) is 0 Å². The van der Waals surface area contributed by atoms with Crippen LogP contribution in [0.25, 0.3) is 0 Å². The molecule has 0 spiro atoms. The molecule has 0 fully saturated rings. The predicted octanol–water partition coefficient (Wildman–Crippen LogP) is 2.84. The fourth-order valence-corrected chi connectivity index (χ4v) is 3.57. The summed E-state index contributed by atoms with van der Waals surface area (Å²) in [6.45, 7) is 5.33. The average molecular weight is 290 g/mol. The van der Waals surface area contributed by atoms with Gasteiger partial charge in [0.1, 0.15) is 13.2 Å². The van der Waals surface area contributed by atoms with Gasteiger partial charge in [0.2, 0.25) is 0 Å². The molecular formula is C15H18N2O2S. The Hall–Kier alpha value is -1.59. The lowest BCUT2D eigenvalue weighted by atomic mass is 10.0. The maximum Gasteiger partial charge on any atom is 0.161 e. The second-order valence-electron chi connectivity index (χ2n) is 4.81. The molecule has 1 aromatic carbocycles. The smallest absolute Gasteiger partial charge is 0.161 e. The maximum absolute atomic E-state index is 5.67. The second kappa shape index (κ2) is 5.42. The van der Waals surface area contributed by atoms with E-state index in [0.29, 0.717) is 13.2 Å². The number of rotatable bonds is 3. The molecule has 1 aliphatic rings. The predicted molar refractivity (Wildman–Crippen MR) is 79.9 cm³/mol. The Morgan fingerprint density at radius 2 is 1.95 bits per heavy atom. The van der Waals surface area contributed by atoms with Gasteiger partial charge in [-0.1, -0.05) is 6.07 Å². The van der Waals surface area contributed by atoms with Crippen molar-refractivity contribution in [1.82, 2.24) is 10.3 Å². The topological polar surface area (TPSA) is 43.4 Å².